The predicted octanol–water partition coefficient (Wildman–Crippen LogP) is 1.90. The Labute approximate surface area is 200 Å². The SMILES string of the molecule is C[C@H](NC(=O)C(NC(=O)c1ccccc1)SC(=O)c1ccccc1)C(=O)N1CCC[C@H]1C(=O)O. The van der Waals surface area contributed by atoms with Crippen molar-refractivity contribution in [1.29, 1.82) is 0 Å². The van der Waals surface area contributed by atoms with Crippen LogP contribution in [-0.4, -0.2) is 62.8 Å². The Balaban J connectivity index is 1.73. The van der Waals surface area contributed by atoms with Crippen LogP contribution in [0.25, 0.3) is 0 Å². The number of thioether (sulfide) groups is 1. The standard InChI is InChI=1S/C24H25N3O6S/c1-15(22(30)27-14-8-13-18(27)23(31)32)25-20(29)21(26-19(28)16-9-4-2-5-10-16)34-24(33)17-11-6-3-7-12-17/h2-7,9-12,15,18,21H,8,13-14H2,1H3,(H,25,29)(H,26,28)(H,31,32)/t15-,18-,21?/m0/s1. The number of likely N-dealkylation sites (tertiary alicyclic amines) is 1. The fourth-order valence-electron chi connectivity index (χ4n) is 3.58. The highest BCUT2D eigenvalue weighted by Gasteiger charge is 2.37. The van der Waals surface area contributed by atoms with Gasteiger partial charge in [-0.2, -0.15) is 0 Å². The number of rotatable bonds is 8. The summed E-state index contributed by atoms with van der Waals surface area (Å²) in [6.07, 6.45) is 0.902. The van der Waals surface area contributed by atoms with Crippen LogP contribution in [-0.2, 0) is 14.4 Å². The first kappa shape index (κ1) is 25.0. The van der Waals surface area contributed by atoms with Crippen LogP contribution in [0, 0.1) is 0 Å². The second-order valence-electron chi connectivity index (χ2n) is 7.75. The molecule has 3 rings (SSSR count). The Morgan fingerprint density at radius 3 is 2.12 bits per heavy atom. The zero-order valence-corrected chi connectivity index (χ0v) is 19.3. The maximum Gasteiger partial charge on any atom is 0.326 e. The molecule has 3 N–H and O–H groups in total. The van der Waals surface area contributed by atoms with Crippen molar-refractivity contribution in [2.24, 2.45) is 0 Å². The van der Waals surface area contributed by atoms with Gasteiger partial charge in [0, 0.05) is 17.7 Å². The zero-order valence-electron chi connectivity index (χ0n) is 18.5. The van der Waals surface area contributed by atoms with E-state index in [4.69, 9.17) is 0 Å². The van der Waals surface area contributed by atoms with Crippen molar-refractivity contribution in [2.75, 3.05) is 6.54 Å². The van der Waals surface area contributed by atoms with Crippen molar-refractivity contribution in [3.8, 4) is 0 Å². The smallest absolute Gasteiger partial charge is 0.326 e. The van der Waals surface area contributed by atoms with Gasteiger partial charge in [0.1, 0.15) is 12.1 Å². The fraction of sp³-hybridized carbons (Fsp3) is 0.292. The zero-order chi connectivity index (χ0) is 24.7. The van der Waals surface area contributed by atoms with Crippen LogP contribution in [0.4, 0.5) is 0 Å². The van der Waals surface area contributed by atoms with Gasteiger partial charge < -0.3 is 20.6 Å². The van der Waals surface area contributed by atoms with Crippen molar-refractivity contribution in [2.45, 2.75) is 37.2 Å². The van der Waals surface area contributed by atoms with E-state index in [1.54, 1.807) is 60.7 Å². The molecule has 1 unspecified atom stereocenters. The van der Waals surface area contributed by atoms with Crippen LogP contribution in [0.15, 0.2) is 60.7 Å². The van der Waals surface area contributed by atoms with Crippen LogP contribution in [0.3, 0.4) is 0 Å². The first-order valence-corrected chi connectivity index (χ1v) is 11.6. The Hall–Kier alpha value is -3.66. The lowest BCUT2D eigenvalue weighted by Gasteiger charge is -2.26. The van der Waals surface area contributed by atoms with Gasteiger partial charge in [-0.3, -0.25) is 19.2 Å². The maximum absolute atomic E-state index is 13.0. The van der Waals surface area contributed by atoms with E-state index >= 15 is 0 Å². The van der Waals surface area contributed by atoms with E-state index in [-0.39, 0.29) is 6.54 Å². The van der Waals surface area contributed by atoms with E-state index in [1.165, 1.54) is 11.8 Å². The Morgan fingerprint density at radius 1 is 0.941 bits per heavy atom. The van der Waals surface area contributed by atoms with E-state index in [2.05, 4.69) is 10.6 Å². The molecule has 1 fully saturated rings. The summed E-state index contributed by atoms with van der Waals surface area (Å²) < 4.78 is 0. The lowest BCUT2D eigenvalue weighted by molar-refractivity contribution is -0.149. The molecule has 2 aromatic rings. The molecular weight excluding hydrogens is 458 g/mol. The monoisotopic (exact) mass is 483 g/mol. The minimum absolute atomic E-state index is 0.283. The molecule has 34 heavy (non-hydrogen) atoms. The Kier molecular flexibility index (Phi) is 8.42. The van der Waals surface area contributed by atoms with Crippen LogP contribution in [0.1, 0.15) is 40.5 Å². The summed E-state index contributed by atoms with van der Waals surface area (Å²) in [6.45, 7) is 1.72. The number of aliphatic carboxylic acids is 1. The molecule has 0 aromatic heterocycles. The van der Waals surface area contributed by atoms with Crippen molar-refractivity contribution in [1.82, 2.24) is 15.5 Å². The second kappa shape index (κ2) is 11.5. The Bertz CT molecular complexity index is 1010. The number of carbonyl (C=O) groups excluding carboxylic acids is 4. The quantitative estimate of drug-likeness (QED) is 0.489. The van der Waals surface area contributed by atoms with Crippen molar-refractivity contribution in [3.05, 3.63) is 71.8 Å². The molecule has 0 radical (unpaired) electrons. The van der Waals surface area contributed by atoms with Crippen LogP contribution in [0.2, 0.25) is 0 Å². The normalized spacial score (nSPS) is 16.9. The topological polar surface area (TPSA) is 133 Å². The van der Waals surface area contributed by atoms with E-state index in [1.807, 2.05) is 0 Å². The minimum Gasteiger partial charge on any atom is -0.480 e. The van der Waals surface area contributed by atoms with Gasteiger partial charge in [0.05, 0.1) is 0 Å². The lowest BCUT2D eigenvalue weighted by Crippen LogP contribution is -2.54. The van der Waals surface area contributed by atoms with Crippen LogP contribution >= 0.6 is 11.8 Å². The van der Waals surface area contributed by atoms with E-state index in [9.17, 15) is 29.1 Å². The highest BCUT2D eigenvalue weighted by molar-refractivity contribution is 8.15. The van der Waals surface area contributed by atoms with Gasteiger partial charge in [0.15, 0.2) is 5.37 Å². The molecule has 9 nitrogen and oxygen atoms in total. The molecule has 10 heteroatoms. The molecule has 178 valence electrons. The van der Waals surface area contributed by atoms with Crippen LogP contribution in [0.5, 0.6) is 0 Å². The molecule has 2 aromatic carbocycles. The molecule has 0 saturated carbocycles. The number of benzene rings is 2. The van der Waals surface area contributed by atoms with Crippen molar-refractivity contribution in [3.63, 3.8) is 0 Å². The summed E-state index contributed by atoms with van der Waals surface area (Å²) in [4.78, 5) is 63.9. The second-order valence-corrected chi connectivity index (χ2v) is 8.83. The minimum atomic E-state index is -1.32. The highest BCUT2D eigenvalue weighted by Crippen LogP contribution is 2.20. The van der Waals surface area contributed by atoms with E-state index in [0.717, 1.165) is 0 Å². The average molecular weight is 484 g/mol. The largest absolute Gasteiger partial charge is 0.480 e. The van der Waals surface area contributed by atoms with Gasteiger partial charge in [-0.25, -0.2) is 4.79 Å². The van der Waals surface area contributed by atoms with Crippen molar-refractivity contribution < 1.29 is 29.1 Å². The van der Waals surface area contributed by atoms with E-state index < -0.39 is 46.3 Å². The molecule has 1 saturated heterocycles. The summed E-state index contributed by atoms with van der Waals surface area (Å²) in [7, 11) is 0. The molecule has 3 amide bonds. The van der Waals surface area contributed by atoms with Gasteiger partial charge in [-0.05, 0) is 43.7 Å². The molecule has 1 aliphatic heterocycles. The number of hydrogen-bond donors (Lipinski definition) is 3. The number of amides is 3. The number of nitrogens with zero attached hydrogens (tertiary/aromatic N) is 1. The molecule has 1 aliphatic rings. The van der Waals surface area contributed by atoms with Crippen LogP contribution < -0.4 is 10.6 Å². The Morgan fingerprint density at radius 2 is 1.53 bits per heavy atom. The van der Waals surface area contributed by atoms with Crippen molar-refractivity contribution >= 4 is 40.6 Å². The molecule has 3 atom stereocenters. The summed E-state index contributed by atoms with van der Waals surface area (Å²) in [5.74, 6) is -2.93. The number of carbonyl (C=O) groups is 5. The third-order valence-electron chi connectivity index (χ3n) is 5.32. The first-order valence-electron chi connectivity index (χ1n) is 10.7. The maximum atomic E-state index is 13.0. The summed E-state index contributed by atoms with van der Waals surface area (Å²) in [5.41, 5.74) is 0.656. The molecular formula is C24H25N3O6S. The average Bonchev–Trinajstić information content (AvgIpc) is 3.34. The fourth-order valence-corrected chi connectivity index (χ4v) is 4.40. The highest BCUT2D eigenvalue weighted by atomic mass is 32.2. The predicted molar refractivity (Wildman–Crippen MR) is 126 cm³/mol. The molecule has 1 heterocycles. The van der Waals surface area contributed by atoms with Gasteiger partial charge in [-0.15, -0.1) is 0 Å². The summed E-state index contributed by atoms with van der Waals surface area (Å²) in [5, 5.41) is 12.6. The molecule has 0 aliphatic carbocycles. The lowest BCUT2D eigenvalue weighted by atomic mass is 10.2. The number of hydrogen-bond acceptors (Lipinski definition) is 6. The number of carboxylic acid groups (broad SMARTS) is 1. The van der Waals surface area contributed by atoms with Gasteiger partial charge >= 0.3 is 5.97 Å². The van der Waals surface area contributed by atoms with E-state index in [0.29, 0.717) is 35.7 Å². The number of nitrogens with one attached hydrogen (secondary N) is 2. The molecule has 0 spiro atoms. The first-order chi connectivity index (χ1) is 16.3. The third kappa shape index (κ3) is 6.22. The van der Waals surface area contributed by atoms with Gasteiger partial charge in [0.2, 0.25) is 11.0 Å². The van der Waals surface area contributed by atoms with Gasteiger partial charge in [-0.1, -0.05) is 48.5 Å². The third-order valence-corrected chi connectivity index (χ3v) is 6.34. The van der Waals surface area contributed by atoms with Gasteiger partial charge in [0.25, 0.3) is 11.8 Å². The summed E-state index contributed by atoms with van der Waals surface area (Å²) in [6, 6.07) is 14.5. The molecule has 0 bridgehead atoms. The summed E-state index contributed by atoms with van der Waals surface area (Å²) >= 11 is 0.618. The number of carboxylic acids is 1.